The van der Waals surface area contributed by atoms with Crippen molar-refractivity contribution in [3.05, 3.63) is 10.4 Å². The third-order valence-corrected chi connectivity index (χ3v) is 6.90. The fourth-order valence-corrected chi connectivity index (χ4v) is 5.47. The standard InChI is InChI=1S/C14H16IN2OS2/c1-19-14-16-12-11(9-4-2-3-5-10(9)20-12)13-17(14)7-8(6-15)18-13/h8H,2-7H2,1H3/q+1/t8-/m1/s1. The predicted molar refractivity (Wildman–Crippen MR) is 91.5 cm³/mol. The van der Waals surface area contributed by atoms with E-state index in [1.54, 1.807) is 16.6 Å². The molecule has 6 heteroatoms. The lowest BCUT2D eigenvalue weighted by Gasteiger charge is -2.10. The number of halogens is 1. The van der Waals surface area contributed by atoms with Gasteiger partial charge in [-0.15, -0.1) is 0 Å². The highest BCUT2D eigenvalue weighted by atomic mass is 127. The zero-order valence-electron chi connectivity index (χ0n) is 11.3. The van der Waals surface area contributed by atoms with E-state index < -0.39 is 0 Å². The van der Waals surface area contributed by atoms with Gasteiger partial charge in [-0.1, -0.05) is 33.9 Å². The second-order valence-electron chi connectivity index (χ2n) is 5.30. The summed E-state index contributed by atoms with van der Waals surface area (Å²) in [5.41, 5.74) is 1.52. The molecule has 1 atom stereocenters. The van der Waals surface area contributed by atoms with Gasteiger partial charge in [-0.3, -0.25) is 0 Å². The maximum Gasteiger partial charge on any atom is 0.363 e. The molecule has 0 spiro atoms. The molecule has 2 aliphatic rings. The minimum absolute atomic E-state index is 0.299. The van der Waals surface area contributed by atoms with E-state index in [0.29, 0.717) is 6.10 Å². The van der Waals surface area contributed by atoms with Crippen molar-refractivity contribution in [1.82, 2.24) is 4.98 Å². The molecule has 0 aromatic carbocycles. The first-order valence-electron chi connectivity index (χ1n) is 6.96. The Morgan fingerprint density at radius 1 is 1.45 bits per heavy atom. The van der Waals surface area contributed by atoms with Crippen LogP contribution in [0.1, 0.15) is 23.3 Å². The van der Waals surface area contributed by atoms with E-state index >= 15 is 0 Å². The fraction of sp³-hybridized carbons (Fsp3) is 0.571. The third kappa shape index (κ3) is 1.98. The molecular formula is C14H16IN2OS2+. The van der Waals surface area contributed by atoms with Crippen molar-refractivity contribution in [3.63, 3.8) is 0 Å². The Morgan fingerprint density at radius 2 is 2.30 bits per heavy atom. The molecule has 0 unspecified atom stereocenters. The maximum absolute atomic E-state index is 6.25. The van der Waals surface area contributed by atoms with E-state index in [2.05, 4.69) is 33.4 Å². The number of hydrogen-bond acceptors (Lipinski definition) is 4. The van der Waals surface area contributed by atoms with Crippen molar-refractivity contribution in [1.29, 1.82) is 0 Å². The molecule has 0 amide bonds. The molecule has 4 rings (SSSR count). The molecule has 0 fully saturated rings. The summed E-state index contributed by atoms with van der Waals surface area (Å²) in [6.07, 6.45) is 7.45. The van der Waals surface area contributed by atoms with Crippen molar-refractivity contribution in [2.24, 2.45) is 0 Å². The zero-order chi connectivity index (χ0) is 13.7. The lowest BCUT2D eigenvalue weighted by Crippen LogP contribution is -2.36. The van der Waals surface area contributed by atoms with Crippen molar-refractivity contribution in [3.8, 4) is 5.88 Å². The number of nitrogens with zero attached hydrogens (tertiary/aromatic N) is 2. The largest absolute Gasteiger partial charge is 0.453 e. The first-order chi connectivity index (χ1) is 9.81. The number of fused-ring (bicyclic) bond motifs is 5. The molecule has 0 N–H and O–H groups in total. The number of hydrogen-bond donors (Lipinski definition) is 0. The van der Waals surface area contributed by atoms with Gasteiger partial charge in [0, 0.05) is 9.30 Å². The van der Waals surface area contributed by atoms with Gasteiger partial charge in [0.15, 0.2) is 0 Å². The summed E-state index contributed by atoms with van der Waals surface area (Å²) < 4.78 is 9.56. The number of alkyl halides is 1. The Balaban J connectivity index is 1.98. The second-order valence-corrected chi connectivity index (χ2v) is 8.04. The van der Waals surface area contributed by atoms with Crippen LogP contribution >= 0.6 is 45.7 Å². The number of thiophene rings is 1. The van der Waals surface area contributed by atoms with Crippen LogP contribution in [0.15, 0.2) is 5.16 Å². The molecule has 2 aromatic rings. The Labute approximate surface area is 140 Å². The smallest absolute Gasteiger partial charge is 0.363 e. The van der Waals surface area contributed by atoms with Gasteiger partial charge in [-0.25, -0.2) is 0 Å². The Kier molecular flexibility index (Phi) is 3.58. The van der Waals surface area contributed by atoms with Crippen LogP contribution in [-0.2, 0) is 19.4 Å². The predicted octanol–water partition coefficient (Wildman–Crippen LogP) is 3.38. The molecule has 20 heavy (non-hydrogen) atoms. The second kappa shape index (κ2) is 5.28. The van der Waals surface area contributed by atoms with E-state index in [9.17, 15) is 0 Å². The summed E-state index contributed by atoms with van der Waals surface area (Å²) >= 11 is 6.02. The lowest BCUT2D eigenvalue weighted by molar-refractivity contribution is -0.720. The number of rotatable bonds is 2. The van der Waals surface area contributed by atoms with Gasteiger partial charge in [-0.2, -0.15) is 4.57 Å². The van der Waals surface area contributed by atoms with Crippen LogP contribution in [0.5, 0.6) is 5.88 Å². The van der Waals surface area contributed by atoms with Crippen molar-refractivity contribution >= 4 is 55.9 Å². The maximum atomic E-state index is 6.25. The molecule has 1 aliphatic heterocycles. The van der Waals surface area contributed by atoms with Gasteiger partial charge in [0.1, 0.15) is 18.0 Å². The molecule has 0 saturated heterocycles. The quantitative estimate of drug-likeness (QED) is 0.246. The average Bonchev–Trinajstić information content (AvgIpc) is 3.06. The SMILES string of the molecule is CSc1nc2sc3c(c2c2[n+]1C[C@@H](CI)O2)CCCC3. The molecule has 3 nitrogen and oxygen atoms in total. The lowest BCUT2D eigenvalue weighted by atomic mass is 9.97. The molecule has 1 aliphatic carbocycles. The average molecular weight is 419 g/mol. The van der Waals surface area contributed by atoms with Gasteiger partial charge in [0.05, 0.1) is 0 Å². The normalized spacial score (nSPS) is 20.8. The zero-order valence-corrected chi connectivity index (χ0v) is 15.1. The van der Waals surface area contributed by atoms with Crippen LogP contribution in [0.25, 0.3) is 10.2 Å². The van der Waals surface area contributed by atoms with Crippen LogP contribution in [0.4, 0.5) is 0 Å². The van der Waals surface area contributed by atoms with Crippen LogP contribution in [0.2, 0.25) is 0 Å². The van der Waals surface area contributed by atoms with Gasteiger partial charge in [0.25, 0.3) is 5.88 Å². The Hall–Kier alpha value is -0.0800. The third-order valence-electron chi connectivity index (χ3n) is 4.06. The molecule has 2 aromatic heterocycles. The van der Waals surface area contributed by atoms with Crippen molar-refractivity contribution < 1.29 is 9.30 Å². The highest BCUT2D eigenvalue weighted by Crippen LogP contribution is 2.41. The number of aryl methyl sites for hydroxylation is 2. The summed E-state index contributed by atoms with van der Waals surface area (Å²) in [7, 11) is 0. The van der Waals surface area contributed by atoms with E-state index in [-0.39, 0.29) is 0 Å². The number of thioether (sulfide) groups is 1. The van der Waals surface area contributed by atoms with Crippen LogP contribution < -0.4 is 9.30 Å². The van der Waals surface area contributed by atoms with E-state index in [1.807, 2.05) is 11.3 Å². The molecular weight excluding hydrogens is 403 g/mol. The van der Waals surface area contributed by atoms with E-state index in [1.165, 1.54) is 41.5 Å². The summed E-state index contributed by atoms with van der Waals surface area (Å²) in [5.74, 6) is 1.08. The number of aromatic nitrogens is 2. The summed E-state index contributed by atoms with van der Waals surface area (Å²) in [5, 5.41) is 2.41. The fourth-order valence-electron chi connectivity index (χ4n) is 3.14. The molecule has 0 saturated carbocycles. The summed E-state index contributed by atoms with van der Waals surface area (Å²) in [4.78, 5) is 7.63. The van der Waals surface area contributed by atoms with Crippen molar-refractivity contribution in [2.45, 2.75) is 43.5 Å². The van der Waals surface area contributed by atoms with Crippen LogP contribution in [-0.4, -0.2) is 21.8 Å². The van der Waals surface area contributed by atoms with Gasteiger partial charge in [-0.05, 0) is 54.2 Å². The molecule has 0 bridgehead atoms. The molecule has 3 heterocycles. The van der Waals surface area contributed by atoms with Gasteiger partial charge >= 0.3 is 5.16 Å². The topological polar surface area (TPSA) is 26.0 Å². The van der Waals surface area contributed by atoms with Crippen LogP contribution in [0, 0.1) is 0 Å². The molecule has 106 valence electrons. The van der Waals surface area contributed by atoms with E-state index in [4.69, 9.17) is 9.72 Å². The first-order valence-corrected chi connectivity index (χ1v) is 10.5. The minimum atomic E-state index is 0.299. The monoisotopic (exact) mass is 419 g/mol. The van der Waals surface area contributed by atoms with Gasteiger partial charge in [0.2, 0.25) is 4.83 Å². The van der Waals surface area contributed by atoms with Crippen LogP contribution in [0.3, 0.4) is 0 Å². The Bertz CT molecular complexity index is 686. The number of ether oxygens (including phenoxy) is 1. The minimum Gasteiger partial charge on any atom is -0.453 e. The summed E-state index contributed by atoms with van der Waals surface area (Å²) in [6.45, 7) is 0.946. The first kappa shape index (κ1) is 13.6. The van der Waals surface area contributed by atoms with Gasteiger partial charge < -0.3 is 4.74 Å². The molecule has 0 radical (unpaired) electrons. The Morgan fingerprint density at radius 3 is 3.10 bits per heavy atom. The summed E-state index contributed by atoms with van der Waals surface area (Å²) in [6, 6.07) is 0. The highest BCUT2D eigenvalue weighted by Gasteiger charge is 2.36. The van der Waals surface area contributed by atoms with E-state index in [0.717, 1.165) is 22.0 Å². The van der Waals surface area contributed by atoms with Crippen molar-refractivity contribution in [2.75, 3.05) is 10.7 Å². The highest BCUT2D eigenvalue weighted by molar-refractivity contribution is 14.1.